The zero-order chi connectivity index (χ0) is 15.9. The lowest BCUT2D eigenvalue weighted by atomic mass is 10.2. The Morgan fingerprint density at radius 2 is 1.95 bits per heavy atom. The molecule has 6 heteroatoms. The first-order valence-electron chi connectivity index (χ1n) is 6.36. The van der Waals surface area contributed by atoms with Crippen LogP contribution in [-0.2, 0) is 0 Å². The molecule has 0 heterocycles. The van der Waals surface area contributed by atoms with Crippen molar-refractivity contribution in [3.05, 3.63) is 65.7 Å². The average molecular weight is 316 g/mol. The van der Waals surface area contributed by atoms with E-state index in [1.807, 2.05) is 0 Å². The van der Waals surface area contributed by atoms with Gasteiger partial charge in [-0.2, -0.15) is 5.11 Å². The van der Waals surface area contributed by atoms with Gasteiger partial charge in [0, 0.05) is 11.1 Å². The topological polar surface area (TPSA) is 74.1 Å². The lowest BCUT2D eigenvalue weighted by Crippen LogP contribution is -2.21. The van der Waals surface area contributed by atoms with Gasteiger partial charge in [-0.3, -0.25) is 0 Å². The molecule has 0 unspecified atom stereocenters. The van der Waals surface area contributed by atoms with Crippen molar-refractivity contribution in [2.24, 2.45) is 10.2 Å². The van der Waals surface area contributed by atoms with Gasteiger partial charge in [0.25, 0.3) is 0 Å². The number of halogens is 1. The number of carboxylic acid groups (broad SMARTS) is 1. The Kier molecular flexibility index (Phi) is 5.27. The van der Waals surface area contributed by atoms with Gasteiger partial charge >= 0.3 is 0 Å². The summed E-state index contributed by atoms with van der Waals surface area (Å²) in [5.41, 5.74) is 1.10. The molecule has 0 N–H and O–H groups in total. The molecule has 2 aromatic carbocycles. The number of rotatable bonds is 6. The summed E-state index contributed by atoms with van der Waals surface area (Å²) in [7, 11) is 0. The Morgan fingerprint density at radius 1 is 1.23 bits per heavy atom. The number of ether oxygens (including phenoxy) is 1. The molecule has 0 spiro atoms. The Labute approximate surface area is 132 Å². The number of benzene rings is 2. The molecule has 0 radical (unpaired) electrons. The SMILES string of the molecule is C=CCOc1cc(Cl)ccc1N=Nc1ccc(C(=O)[O-])cc1. The molecule has 112 valence electrons. The molecule has 0 saturated carbocycles. The van der Waals surface area contributed by atoms with Gasteiger partial charge in [-0.25, -0.2) is 0 Å². The smallest absolute Gasteiger partial charge is 0.148 e. The van der Waals surface area contributed by atoms with Crippen LogP contribution < -0.4 is 9.84 Å². The number of carbonyl (C=O) groups is 1. The quantitative estimate of drug-likeness (QED) is 0.602. The van der Waals surface area contributed by atoms with E-state index in [0.717, 1.165) is 0 Å². The van der Waals surface area contributed by atoms with Crippen LogP contribution in [0.15, 0.2) is 65.3 Å². The summed E-state index contributed by atoms with van der Waals surface area (Å²) < 4.78 is 5.46. The van der Waals surface area contributed by atoms with E-state index in [1.165, 1.54) is 24.3 Å². The molecule has 5 nitrogen and oxygen atoms in total. The van der Waals surface area contributed by atoms with E-state index >= 15 is 0 Å². The maximum Gasteiger partial charge on any atom is 0.148 e. The predicted octanol–water partition coefficient (Wildman–Crippen LogP) is 3.68. The highest BCUT2D eigenvalue weighted by atomic mass is 35.5. The van der Waals surface area contributed by atoms with Crippen LogP contribution in [0.2, 0.25) is 5.02 Å². The average Bonchev–Trinajstić information content (AvgIpc) is 2.52. The molecule has 0 amide bonds. The van der Waals surface area contributed by atoms with Crippen molar-refractivity contribution in [2.75, 3.05) is 6.61 Å². The molecule has 0 aromatic heterocycles. The normalized spacial score (nSPS) is 10.6. The summed E-state index contributed by atoms with van der Waals surface area (Å²) in [6.45, 7) is 3.90. The number of hydrogen-bond donors (Lipinski definition) is 0. The second-order valence-corrected chi connectivity index (χ2v) is 4.68. The maximum atomic E-state index is 10.7. The van der Waals surface area contributed by atoms with Crippen LogP contribution in [0.5, 0.6) is 5.75 Å². The van der Waals surface area contributed by atoms with Gasteiger partial charge in [0.05, 0.1) is 11.7 Å². The molecule has 0 aliphatic heterocycles. The fraction of sp³-hybridized carbons (Fsp3) is 0.0625. The lowest BCUT2D eigenvalue weighted by molar-refractivity contribution is -0.255. The fourth-order valence-corrected chi connectivity index (χ4v) is 1.77. The van der Waals surface area contributed by atoms with Crippen molar-refractivity contribution >= 4 is 28.9 Å². The van der Waals surface area contributed by atoms with Crippen LogP contribution in [0.25, 0.3) is 0 Å². The third-order valence-corrected chi connectivity index (χ3v) is 2.89. The number of nitrogens with zero attached hydrogens (tertiary/aromatic N) is 2. The predicted molar refractivity (Wildman–Crippen MR) is 82.1 cm³/mol. The van der Waals surface area contributed by atoms with Gasteiger partial charge in [-0.05, 0) is 29.8 Å². The van der Waals surface area contributed by atoms with Crippen LogP contribution in [0.4, 0.5) is 11.4 Å². The van der Waals surface area contributed by atoms with Crippen molar-refractivity contribution in [3.8, 4) is 5.75 Å². The van der Waals surface area contributed by atoms with Gasteiger partial charge in [-0.15, -0.1) is 5.11 Å². The van der Waals surface area contributed by atoms with Crippen LogP contribution in [0.1, 0.15) is 10.4 Å². The third kappa shape index (κ3) is 4.17. The molecule has 0 aliphatic rings. The van der Waals surface area contributed by atoms with E-state index in [9.17, 15) is 9.90 Å². The monoisotopic (exact) mass is 315 g/mol. The van der Waals surface area contributed by atoms with Crippen LogP contribution in [-0.4, -0.2) is 12.6 Å². The number of hydrogen-bond acceptors (Lipinski definition) is 5. The molecule has 22 heavy (non-hydrogen) atoms. The second kappa shape index (κ2) is 7.38. The largest absolute Gasteiger partial charge is 0.545 e. The maximum absolute atomic E-state index is 10.7. The molecule has 2 rings (SSSR count). The molecular weight excluding hydrogens is 304 g/mol. The zero-order valence-corrected chi connectivity index (χ0v) is 12.3. The number of carboxylic acids is 1. The highest BCUT2D eigenvalue weighted by molar-refractivity contribution is 6.30. The van der Waals surface area contributed by atoms with E-state index in [1.54, 1.807) is 24.3 Å². The minimum atomic E-state index is -1.23. The summed E-state index contributed by atoms with van der Waals surface area (Å²) in [6.07, 6.45) is 1.61. The molecule has 0 saturated heterocycles. The van der Waals surface area contributed by atoms with Crippen molar-refractivity contribution in [2.45, 2.75) is 0 Å². The summed E-state index contributed by atoms with van der Waals surface area (Å²) in [6, 6.07) is 10.9. The zero-order valence-electron chi connectivity index (χ0n) is 11.5. The van der Waals surface area contributed by atoms with E-state index in [2.05, 4.69) is 16.8 Å². The van der Waals surface area contributed by atoms with Gasteiger partial charge in [0.15, 0.2) is 0 Å². The van der Waals surface area contributed by atoms with Crippen LogP contribution in [0, 0.1) is 0 Å². The summed E-state index contributed by atoms with van der Waals surface area (Å²) in [5.74, 6) is -0.746. The number of carbonyl (C=O) groups excluding carboxylic acids is 1. The number of azo groups is 1. The highest BCUT2D eigenvalue weighted by Gasteiger charge is 2.04. The highest BCUT2D eigenvalue weighted by Crippen LogP contribution is 2.32. The summed E-state index contributed by atoms with van der Waals surface area (Å²) in [4.78, 5) is 10.7. The molecule has 0 aliphatic carbocycles. The third-order valence-electron chi connectivity index (χ3n) is 2.65. The van der Waals surface area contributed by atoms with E-state index < -0.39 is 5.97 Å². The Hall–Kier alpha value is -2.66. The minimum Gasteiger partial charge on any atom is -0.545 e. The van der Waals surface area contributed by atoms with Crippen LogP contribution in [0.3, 0.4) is 0 Å². The van der Waals surface area contributed by atoms with E-state index in [0.29, 0.717) is 28.8 Å². The van der Waals surface area contributed by atoms with Crippen molar-refractivity contribution in [1.82, 2.24) is 0 Å². The van der Waals surface area contributed by atoms with Gasteiger partial charge in [0.1, 0.15) is 18.0 Å². The fourth-order valence-electron chi connectivity index (χ4n) is 1.61. The summed E-state index contributed by atoms with van der Waals surface area (Å²) in [5, 5.41) is 19.3. The molecule has 0 fully saturated rings. The Bertz CT molecular complexity index is 712. The summed E-state index contributed by atoms with van der Waals surface area (Å²) >= 11 is 5.92. The first kappa shape index (κ1) is 15.7. The van der Waals surface area contributed by atoms with Crippen molar-refractivity contribution in [3.63, 3.8) is 0 Å². The van der Waals surface area contributed by atoms with Gasteiger partial charge in [-0.1, -0.05) is 36.4 Å². The standard InChI is InChI=1S/C16H13ClN2O3/c1-2-9-22-15-10-12(17)5-8-14(15)19-18-13-6-3-11(4-7-13)16(20)21/h2-8,10H,1,9H2,(H,20,21)/p-1. The number of aromatic carboxylic acids is 1. The minimum absolute atomic E-state index is 0.0837. The molecule has 0 atom stereocenters. The van der Waals surface area contributed by atoms with Gasteiger partial charge < -0.3 is 14.6 Å². The lowest BCUT2D eigenvalue weighted by Gasteiger charge is -2.06. The molecular formula is C16H12ClN2O3-. The second-order valence-electron chi connectivity index (χ2n) is 4.25. The molecule has 0 bridgehead atoms. The van der Waals surface area contributed by atoms with Crippen molar-refractivity contribution in [1.29, 1.82) is 0 Å². The Balaban J connectivity index is 2.21. The van der Waals surface area contributed by atoms with Gasteiger partial charge in [0.2, 0.25) is 0 Å². The van der Waals surface area contributed by atoms with E-state index in [-0.39, 0.29) is 5.56 Å². The Morgan fingerprint density at radius 3 is 2.59 bits per heavy atom. The van der Waals surface area contributed by atoms with E-state index in [4.69, 9.17) is 16.3 Å². The van der Waals surface area contributed by atoms with Crippen LogP contribution >= 0.6 is 11.6 Å². The molecule has 2 aromatic rings. The first-order chi connectivity index (χ1) is 10.6. The first-order valence-corrected chi connectivity index (χ1v) is 6.74. The van der Waals surface area contributed by atoms with Crippen molar-refractivity contribution < 1.29 is 14.6 Å².